The smallest absolute Gasteiger partial charge is 0.572 e. The number of hydrogen-bond donors (Lipinski definition) is 0. The van der Waals surface area contributed by atoms with Crippen molar-refractivity contribution in [3.63, 3.8) is 0 Å². The second-order valence-electron chi connectivity index (χ2n) is 2.41. The van der Waals surface area contributed by atoms with Gasteiger partial charge < -0.3 is 15.3 Å². The van der Waals surface area contributed by atoms with Gasteiger partial charge in [-0.25, -0.2) is 0 Å². The fourth-order valence-corrected chi connectivity index (χ4v) is 1.01. The lowest BCUT2D eigenvalue weighted by molar-refractivity contribution is -0.735. The number of rotatable bonds is 4. The summed E-state index contributed by atoms with van der Waals surface area (Å²) < 4.78 is 0. The number of nitro groups is 3. The quantitative estimate of drug-likeness (QED) is 0.221. The van der Waals surface area contributed by atoms with Crippen LogP contribution in [0.5, 0.6) is 0 Å². The van der Waals surface area contributed by atoms with Crippen molar-refractivity contribution < 1.29 is 19.6 Å². The summed E-state index contributed by atoms with van der Waals surface area (Å²) in [6.45, 7) is 0. The van der Waals surface area contributed by atoms with Crippen LogP contribution in [0.4, 0.5) is 17.3 Å². The van der Waals surface area contributed by atoms with E-state index in [0.29, 0.717) is 0 Å². The van der Waals surface area contributed by atoms with Crippen LogP contribution in [0.3, 0.4) is 0 Å². The van der Waals surface area contributed by atoms with Crippen LogP contribution in [0, 0.1) is 40.5 Å². The second kappa shape index (κ2) is 3.76. The van der Waals surface area contributed by atoms with Crippen molar-refractivity contribution in [3.8, 4) is 0 Å². The molecule has 0 saturated carbocycles. The van der Waals surface area contributed by atoms with Gasteiger partial charge in [-0.15, -0.1) is 0 Å². The lowest BCUT2D eigenvalue weighted by Gasteiger charge is -1.86. The molecule has 0 fully saturated rings. The maximum absolute atomic E-state index is 11.0. The summed E-state index contributed by atoms with van der Waals surface area (Å²) in [5, 5.41) is 44.0. The molecule has 0 N–H and O–H groups in total. The third-order valence-electron chi connectivity index (χ3n) is 1.57. The molecule has 1 aromatic rings. The van der Waals surface area contributed by atoms with Crippen LogP contribution >= 0.6 is 0 Å². The SMILES string of the molecule is O=Nn1c([N+](=O)[O-])c([N+](=O)[O-])c([N+](=O)[O-])[n+]1[O-]. The van der Waals surface area contributed by atoms with Gasteiger partial charge in [0.2, 0.25) is 5.29 Å². The third-order valence-corrected chi connectivity index (χ3v) is 1.57. The average molecular weight is 248 g/mol. The van der Waals surface area contributed by atoms with Crippen molar-refractivity contribution in [1.29, 1.82) is 0 Å². The fraction of sp³-hybridized carbons (Fsp3) is 0. The van der Waals surface area contributed by atoms with Crippen LogP contribution in [0.2, 0.25) is 0 Å². The molecule has 0 saturated heterocycles. The Labute approximate surface area is 88.6 Å². The van der Waals surface area contributed by atoms with Gasteiger partial charge in [-0.3, -0.25) is 20.2 Å². The number of nitroso groups, excluding NO2 is 1. The van der Waals surface area contributed by atoms with E-state index in [9.17, 15) is 40.5 Å². The zero-order valence-corrected chi connectivity index (χ0v) is 7.45. The molecule has 0 bridgehead atoms. The van der Waals surface area contributed by atoms with Gasteiger partial charge in [0.15, 0.2) is 4.79 Å². The van der Waals surface area contributed by atoms with E-state index < -0.39 is 41.7 Å². The summed E-state index contributed by atoms with van der Waals surface area (Å²) >= 11 is 0. The molecule has 0 aliphatic rings. The molecule has 0 spiro atoms. The number of hydrogen-bond acceptors (Lipinski definition) is 9. The Hall–Kier alpha value is -3.19. The Bertz CT molecular complexity index is 544. The second-order valence-corrected chi connectivity index (χ2v) is 2.41. The Morgan fingerprint density at radius 2 is 1.59 bits per heavy atom. The predicted molar refractivity (Wildman–Crippen MR) is 44.5 cm³/mol. The highest BCUT2D eigenvalue weighted by Crippen LogP contribution is 2.34. The summed E-state index contributed by atoms with van der Waals surface area (Å²) in [5.74, 6) is -3.45. The molecule has 0 radical (unpaired) electrons. The molecular weight excluding hydrogens is 248 g/mol. The molecule has 0 aliphatic carbocycles. The average Bonchev–Trinajstić information content (AvgIpc) is 2.50. The van der Waals surface area contributed by atoms with E-state index >= 15 is 0 Å². The summed E-state index contributed by atoms with van der Waals surface area (Å²) in [5.41, 5.74) is -1.71. The highest BCUT2D eigenvalue weighted by atomic mass is 16.7. The topological polar surface area (TPSA) is 191 Å². The normalized spacial score (nSPS) is 9.88. The standard InChI is InChI=1S/C3N6O8/c10-4-5-2(8(14)15)1(7(12)13)3(6(5)11)9(16)17. The minimum Gasteiger partial charge on any atom is -0.572 e. The molecule has 90 valence electrons. The van der Waals surface area contributed by atoms with Crippen molar-refractivity contribution in [2.45, 2.75) is 0 Å². The first-order valence-electron chi connectivity index (χ1n) is 3.48. The highest BCUT2D eigenvalue weighted by Gasteiger charge is 2.55. The zero-order valence-electron chi connectivity index (χ0n) is 7.45. The van der Waals surface area contributed by atoms with E-state index in [2.05, 4.69) is 0 Å². The molecule has 0 amide bonds. The Kier molecular flexibility index (Phi) is 2.63. The maximum atomic E-state index is 11.0. The summed E-state index contributed by atoms with van der Waals surface area (Å²) in [7, 11) is 0. The lowest BCUT2D eigenvalue weighted by atomic mass is 10.5. The van der Waals surface area contributed by atoms with E-state index in [1.165, 1.54) is 0 Å². The van der Waals surface area contributed by atoms with Crippen LogP contribution in [-0.2, 0) is 0 Å². The fourth-order valence-electron chi connectivity index (χ4n) is 1.01. The molecule has 1 rings (SSSR count). The molecule has 0 atom stereocenters. The molecule has 14 heteroatoms. The van der Waals surface area contributed by atoms with Crippen LogP contribution in [0.25, 0.3) is 0 Å². The third kappa shape index (κ3) is 1.58. The van der Waals surface area contributed by atoms with Crippen molar-refractivity contribution in [1.82, 2.24) is 4.79 Å². The lowest BCUT2D eigenvalue weighted by Crippen LogP contribution is -2.37. The molecule has 17 heavy (non-hydrogen) atoms. The number of aromatic nitrogens is 2. The van der Waals surface area contributed by atoms with Crippen molar-refractivity contribution in [2.24, 2.45) is 5.29 Å². The molecule has 0 aromatic carbocycles. The van der Waals surface area contributed by atoms with Crippen LogP contribution in [0.15, 0.2) is 5.29 Å². The van der Waals surface area contributed by atoms with Gasteiger partial charge in [0.25, 0.3) is 0 Å². The molecule has 1 aromatic heterocycles. The Morgan fingerprint density at radius 3 is 1.88 bits per heavy atom. The zero-order chi connectivity index (χ0) is 13.3. The summed E-state index contributed by atoms with van der Waals surface area (Å²) in [4.78, 5) is 35.2. The Morgan fingerprint density at radius 1 is 1.06 bits per heavy atom. The maximum Gasteiger partial charge on any atom is 0.644 e. The molecule has 0 aliphatic heterocycles. The largest absolute Gasteiger partial charge is 0.644 e. The van der Waals surface area contributed by atoms with E-state index in [-0.39, 0.29) is 0 Å². The monoisotopic (exact) mass is 248 g/mol. The minimum atomic E-state index is -1.76. The molecule has 14 nitrogen and oxygen atoms in total. The van der Waals surface area contributed by atoms with Gasteiger partial charge in [-0.05, 0) is 4.92 Å². The van der Waals surface area contributed by atoms with Crippen LogP contribution < -0.4 is 4.85 Å². The highest BCUT2D eigenvalue weighted by molar-refractivity contribution is 5.56. The van der Waals surface area contributed by atoms with E-state index in [1.807, 2.05) is 0 Å². The first kappa shape index (κ1) is 11.9. The van der Waals surface area contributed by atoms with Gasteiger partial charge in [-0.1, -0.05) is 4.91 Å². The summed E-state index contributed by atoms with van der Waals surface area (Å²) in [6, 6.07) is 0. The Balaban J connectivity index is 3.86. The van der Waals surface area contributed by atoms with Crippen molar-refractivity contribution in [2.75, 3.05) is 0 Å². The number of nitrogens with zero attached hydrogens (tertiary/aromatic N) is 6. The van der Waals surface area contributed by atoms with Crippen LogP contribution in [0.1, 0.15) is 0 Å². The van der Waals surface area contributed by atoms with E-state index in [0.717, 1.165) is 0 Å². The van der Waals surface area contributed by atoms with Gasteiger partial charge in [0, 0.05) is 0 Å². The molecule has 0 unspecified atom stereocenters. The predicted octanol–water partition coefficient (Wildman–Crippen LogP) is -0.624. The molecule has 1 heterocycles. The summed E-state index contributed by atoms with van der Waals surface area (Å²) in [6.07, 6.45) is 0. The van der Waals surface area contributed by atoms with Crippen LogP contribution in [-0.4, -0.2) is 19.6 Å². The van der Waals surface area contributed by atoms with Gasteiger partial charge in [0.05, 0.1) is 4.92 Å². The van der Waals surface area contributed by atoms with Gasteiger partial charge >= 0.3 is 17.3 Å². The first-order valence-corrected chi connectivity index (χ1v) is 3.48. The first-order chi connectivity index (χ1) is 7.82. The molecular formula is C3N6O8. The minimum absolute atomic E-state index is 0.629. The van der Waals surface area contributed by atoms with Crippen molar-refractivity contribution >= 4 is 17.3 Å². The van der Waals surface area contributed by atoms with Gasteiger partial charge in [0.1, 0.15) is 9.77 Å². The van der Waals surface area contributed by atoms with E-state index in [4.69, 9.17) is 0 Å². The van der Waals surface area contributed by atoms with Crippen molar-refractivity contribution in [3.05, 3.63) is 40.5 Å². The van der Waals surface area contributed by atoms with E-state index in [1.54, 1.807) is 5.29 Å². The van der Waals surface area contributed by atoms with Gasteiger partial charge in [-0.2, -0.15) is 0 Å².